The van der Waals surface area contributed by atoms with Gasteiger partial charge in [-0.05, 0) is 15.9 Å². The van der Waals surface area contributed by atoms with Crippen molar-refractivity contribution < 1.29 is 4.74 Å². The number of nitrogens with two attached hydrogens (primary N) is 1. The summed E-state index contributed by atoms with van der Waals surface area (Å²) in [7, 11) is 0. The van der Waals surface area contributed by atoms with E-state index in [1.54, 1.807) is 0 Å². The van der Waals surface area contributed by atoms with E-state index in [9.17, 15) is 0 Å². The lowest BCUT2D eigenvalue weighted by Gasteiger charge is -1.99. The summed E-state index contributed by atoms with van der Waals surface area (Å²) in [6, 6.07) is 0. The normalized spacial score (nSPS) is 20.8. The number of hydrogen-bond acceptors (Lipinski definition) is 3. The van der Waals surface area contributed by atoms with E-state index < -0.39 is 0 Å². The van der Waals surface area contributed by atoms with Gasteiger partial charge in [0.05, 0.1) is 30.0 Å². The Hall–Kier alpha value is -0.350. The van der Waals surface area contributed by atoms with Crippen LogP contribution >= 0.6 is 15.9 Å². The number of nitrogens with zero attached hydrogens (tertiary/aromatic N) is 1. The lowest BCUT2D eigenvalue weighted by Crippen LogP contribution is -2.02. The van der Waals surface area contributed by atoms with Crippen molar-refractivity contribution in [2.24, 2.45) is 10.7 Å². The third kappa shape index (κ3) is 2.63. The van der Waals surface area contributed by atoms with Gasteiger partial charge in [0.2, 0.25) is 0 Å². The molecule has 0 aromatic carbocycles. The van der Waals surface area contributed by atoms with Crippen LogP contribution in [0.4, 0.5) is 0 Å². The molecule has 1 aliphatic rings. The van der Waals surface area contributed by atoms with Gasteiger partial charge < -0.3 is 10.5 Å². The molecule has 0 aromatic rings. The van der Waals surface area contributed by atoms with Crippen LogP contribution in [0, 0.1) is 0 Å². The minimum atomic E-state index is 0.717. The van der Waals surface area contributed by atoms with Gasteiger partial charge in [-0.3, -0.25) is 4.99 Å². The van der Waals surface area contributed by atoms with E-state index in [1.165, 1.54) is 6.20 Å². The summed E-state index contributed by atoms with van der Waals surface area (Å²) < 4.78 is 6.09. The highest BCUT2D eigenvalue weighted by molar-refractivity contribution is 9.12. The van der Waals surface area contributed by atoms with Crippen LogP contribution in [0.3, 0.4) is 0 Å². The van der Waals surface area contributed by atoms with Crippen molar-refractivity contribution in [1.82, 2.24) is 0 Å². The molecule has 0 amide bonds. The maximum absolute atomic E-state index is 5.32. The molecular weight excluding hydrogens is 208 g/mol. The van der Waals surface area contributed by atoms with Crippen molar-refractivity contribution >= 4 is 21.6 Å². The number of aliphatic imine (C=N–C) groups is 1. The first kappa shape index (κ1) is 8.74. The second-order valence-electron chi connectivity index (χ2n) is 2.21. The molecule has 0 radical (unpaired) electrons. The first-order valence-corrected chi connectivity index (χ1v) is 4.32. The second-order valence-corrected chi connectivity index (χ2v) is 3.06. The lowest BCUT2D eigenvalue weighted by atomic mass is 10.3. The zero-order chi connectivity index (χ0) is 8.10. The fourth-order valence-electron chi connectivity index (χ4n) is 0.886. The molecule has 62 valence electrons. The largest absolute Gasteiger partial charge is 0.404 e. The van der Waals surface area contributed by atoms with Crippen molar-refractivity contribution in [3.8, 4) is 0 Å². The molecule has 4 heteroatoms. The van der Waals surface area contributed by atoms with Gasteiger partial charge in [0.15, 0.2) is 0 Å². The molecule has 0 saturated heterocycles. The van der Waals surface area contributed by atoms with Gasteiger partial charge in [0, 0.05) is 12.6 Å². The van der Waals surface area contributed by atoms with Crippen molar-refractivity contribution in [3.05, 3.63) is 10.7 Å². The maximum atomic E-state index is 5.32. The van der Waals surface area contributed by atoms with Gasteiger partial charge in [0.1, 0.15) is 0 Å². The molecule has 1 rings (SSSR count). The topological polar surface area (TPSA) is 47.6 Å². The molecule has 11 heavy (non-hydrogen) atoms. The summed E-state index contributed by atoms with van der Waals surface area (Å²) in [4.78, 5) is 4.29. The zero-order valence-corrected chi connectivity index (χ0v) is 7.80. The molecule has 0 saturated carbocycles. The van der Waals surface area contributed by atoms with E-state index in [4.69, 9.17) is 10.5 Å². The standard InChI is InChI=1S/C7H11BrN2O/c8-6(5-9)7-1-3-11-4-2-10-7/h5H,1-4,9H2. The minimum absolute atomic E-state index is 0.717. The van der Waals surface area contributed by atoms with Crippen LogP contribution in [0.1, 0.15) is 6.42 Å². The van der Waals surface area contributed by atoms with Gasteiger partial charge in [0.25, 0.3) is 0 Å². The van der Waals surface area contributed by atoms with Gasteiger partial charge in [-0.25, -0.2) is 0 Å². The highest BCUT2D eigenvalue weighted by Gasteiger charge is 2.06. The van der Waals surface area contributed by atoms with Gasteiger partial charge in [-0.1, -0.05) is 0 Å². The van der Waals surface area contributed by atoms with E-state index in [-0.39, 0.29) is 0 Å². The molecule has 0 fully saturated rings. The van der Waals surface area contributed by atoms with Crippen LogP contribution in [0.2, 0.25) is 0 Å². The number of ether oxygens (including phenoxy) is 1. The molecule has 0 unspecified atom stereocenters. The Balaban J connectivity index is 2.60. The predicted octanol–water partition coefficient (Wildman–Crippen LogP) is 1.04. The van der Waals surface area contributed by atoms with Crippen molar-refractivity contribution in [2.75, 3.05) is 19.8 Å². The van der Waals surface area contributed by atoms with E-state index in [2.05, 4.69) is 20.9 Å². The highest BCUT2D eigenvalue weighted by Crippen LogP contribution is 2.10. The van der Waals surface area contributed by atoms with Crippen molar-refractivity contribution in [2.45, 2.75) is 6.42 Å². The highest BCUT2D eigenvalue weighted by atomic mass is 79.9. The second kappa shape index (κ2) is 4.51. The zero-order valence-electron chi connectivity index (χ0n) is 6.22. The Labute approximate surface area is 74.4 Å². The molecule has 0 bridgehead atoms. The van der Waals surface area contributed by atoms with Gasteiger partial charge in [-0.2, -0.15) is 0 Å². The smallest absolute Gasteiger partial charge is 0.0662 e. The number of hydrogen-bond donors (Lipinski definition) is 1. The molecule has 0 atom stereocenters. The first-order chi connectivity index (χ1) is 5.34. The fourth-order valence-corrected chi connectivity index (χ4v) is 1.21. The Kier molecular flexibility index (Phi) is 3.59. The molecule has 2 N–H and O–H groups in total. The van der Waals surface area contributed by atoms with Gasteiger partial charge >= 0.3 is 0 Å². The van der Waals surface area contributed by atoms with Crippen LogP contribution in [-0.4, -0.2) is 25.5 Å². The maximum Gasteiger partial charge on any atom is 0.0662 e. The minimum Gasteiger partial charge on any atom is -0.404 e. The summed E-state index contributed by atoms with van der Waals surface area (Å²) in [5.41, 5.74) is 6.33. The molecule has 1 aliphatic heterocycles. The summed E-state index contributed by atoms with van der Waals surface area (Å²) in [5.74, 6) is 0. The van der Waals surface area contributed by atoms with Gasteiger partial charge in [-0.15, -0.1) is 0 Å². The summed E-state index contributed by atoms with van der Waals surface area (Å²) in [6.45, 7) is 2.19. The molecule has 0 aliphatic carbocycles. The average Bonchev–Trinajstić information content (AvgIpc) is 2.30. The van der Waals surface area contributed by atoms with Crippen LogP contribution in [-0.2, 0) is 4.74 Å². The van der Waals surface area contributed by atoms with E-state index >= 15 is 0 Å². The Morgan fingerprint density at radius 3 is 3.18 bits per heavy atom. The summed E-state index contributed by atoms with van der Waals surface area (Å²) >= 11 is 3.32. The van der Waals surface area contributed by atoms with E-state index in [1.807, 2.05) is 0 Å². The van der Waals surface area contributed by atoms with E-state index in [0.717, 1.165) is 29.8 Å². The van der Waals surface area contributed by atoms with Crippen LogP contribution in [0.25, 0.3) is 0 Å². The Morgan fingerprint density at radius 2 is 2.45 bits per heavy atom. The number of rotatable bonds is 1. The monoisotopic (exact) mass is 218 g/mol. The SMILES string of the molecule is NC=C(Br)C1=NCCOCC1. The van der Waals surface area contributed by atoms with E-state index in [0.29, 0.717) is 6.61 Å². The van der Waals surface area contributed by atoms with Crippen LogP contribution in [0.5, 0.6) is 0 Å². The van der Waals surface area contributed by atoms with Crippen LogP contribution < -0.4 is 5.73 Å². The summed E-state index contributed by atoms with van der Waals surface area (Å²) in [5, 5.41) is 0. The molecular formula is C7H11BrN2O. The third-order valence-corrected chi connectivity index (χ3v) is 2.17. The quantitative estimate of drug-likeness (QED) is 0.716. The predicted molar refractivity (Wildman–Crippen MR) is 48.9 cm³/mol. The summed E-state index contributed by atoms with van der Waals surface area (Å²) in [6.07, 6.45) is 2.36. The molecule has 3 nitrogen and oxygen atoms in total. The molecule has 0 aromatic heterocycles. The number of allylic oxidation sites excluding steroid dienone is 1. The first-order valence-electron chi connectivity index (χ1n) is 3.53. The number of halogens is 1. The molecule has 0 spiro atoms. The van der Waals surface area contributed by atoms with Crippen molar-refractivity contribution in [3.63, 3.8) is 0 Å². The Morgan fingerprint density at radius 1 is 1.64 bits per heavy atom. The van der Waals surface area contributed by atoms with Crippen molar-refractivity contribution in [1.29, 1.82) is 0 Å². The molecule has 1 heterocycles. The fraction of sp³-hybridized carbons (Fsp3) is 0.571. The third-order valence-electron chi connectivity index (χ3n) is 1.44. The Bertz CT molecular complexity index is 189. The lowest BCUT2D eigenvalue weighted by molar-refractivity contribution is 0.153. The average molecular weight is 219 g/mol. The van der Waals surface area contributed by atoms with Crippen LogP contribution in [0.15, 0.2) is 15.7 Å².